The summed E-state index contributed by atoms with van der Waals surface area (Å²) >= 11 is 1.52. The molecule has 0 radical (unpaired) electrons. The number of thioether (sulfide) groups is 1. The van der Waals surface area contributed by atoms with Crippen molar-refractivity contribution in [3.8, 4) is 6.07 Å². The van der Waals surface area contributed by atoms with Crippen molar-refractivity contribution in [2.24, 2.45) is 0 Å². The number of nitriles is 1. The lowest BCUT2D eigenvalue weighted by Gasteiger charge is -2.19. The molecule has 1 saturated carbocycles. The van der Waals surface area contributed by atoms with Crippen molar-refractivity contribution in [3.63, 3.8) is 0 Å². The van der Waals surface area contributed by atoms with Crippen molar-refractivity contribution in [3.05, 3.63) is 0 Å². The summed E-state index contributed by atoms with van der Waals surface area (Å²) in [5, 5.41) is 24.4. The Labute approximate surface area is 98.4 Å². The van der Waals surface area contributed by atoms with Crippen LogP contribution in [0, 0.1) is 11.3 Å². The van der Waals surface area contributed by atoms with E-state index in [2.05, 4.69) is 26.9 Å². The number of nitrogens with zero attached hydrogens (tertiary/aromatic N) is 5. The molecule has 0 spiro atoms. The van der Waals surface area contributed by atoms with Crippen LogP contribution in [0.3, 0.4) is 0 Å². The van der Waals surface area contributed by atoms with Crippen molar-refractivity contribution in [1.29, 1.82) is 5.26 Å². The molecule has 86 valence electrons. The van der Waals surface area contributed by atoms with Crippen molar-refractivity contribution < 1.29 is 0 Å². The van der Waals surface area contributed by atoms with Gasteiger partial charge in [-0.15, -0.1) is 5.10 Å². The average Bonchev–Trinajstić information content (AvgIpc) is 3.05. The van der Waals surface area contributed by atoms with E-state index >= 15 is 0 Å². The fourth-order valence-corrected chi connectivity index (χ4v) is 2.24. The molecule has 7 heteroatoms. The zero-order valence-corrected chi connectivity index (χ0v) is 10.2. The van der Waals surface area contributed by atoms with E-state index in [0.29, 0.717) is 11.8 Å². The topological polar surface area (TPSA) is 79.4 Å². The van der Waals surface area contributed by atoms with Crippen LogP contribution in [0.25, 0.3) is 0 Å². The van der Waals surface area contributed by atoms with Gasteiger partial charge in [0.15, 0.2) is 0 Å². The van der Waals surface area contributed by atoms with Gasteiger partial charge in [-0.1, -0.05) is 11.8 Å². The van der Waals surface area contributed by atoms with Crippen LogP contribution in [-0.4, -0.2) is 38.5 Å². The van der Waals surface area contributed by atoms with Crippen LogP contribution in [0.15, 0.2) is 5.16 Å². The minimum Gasteiger partial charge on any atom is -0.302 e. The van der Waals surface area contributed by atoms with E-state index in [1.54, 1.807) is 7.05 Å². The molecule has 1 fully saturated rings. The Balaban J connectivity index is 1.99. The van der Waals surface area contributed by atoms with Gasteiger partial charge in [0.05, 0.1) is 12.1 Å². The molecule has 0 bridgehead atoms. The Hall–Kier alpha value is -1.13. The van der Waals surface area contributed by atoms with Crippen LogP contribution in [-0.2, 0) is 0 Å². The second kappa shape index (κ2) is 4.39. The number of nitrogens with one attached hydrogen (secondary N) is 1. The van der Waals surface area contributed by atoms with Gasteiger partial charge in [-0.05, 0) is 37.2 Å². The third kappa shape index (κ3) is 2.33. The van der Waals surface area contributed by atoms with E-state index in [9.17, 15) is 0 Å². The van der Waals surface area contributed by atoms with Crippen molar-refractivity contribution in [2.75, 3.05) is 12.8 Å². The number of aromatic nitrogens is 4. The monoisotopic (exact) mass is 238 g/mol. The van der Waals surface area contributed by atoms with Crippen LogP contribution < -0.4 is 5.32 Å². The summed E-state index contributed by atoms with van der Waals surface area (Å²) in [6.45, 7) is 1.87. The Bertz CT molecular complexity index is 406. The predicted octanol–water partition coefficient (Wildman–Crippen LogP) is 0.602. The third-order valence-electron chi connectivity index (χ3n) is 2.64. The van der Waals surface area contributed by atoms with Crippen molar-refractivity contribution >= 4 is 11.8 Å². The Morgan fingerprint density at radius 3 is 3.00 bits per heavy atom. The molecule has 1 aromatic rings. The highest BCUT2D eigenvalue weighted by Gasteiger charge is 2.29. The lowest BCUT2D eigenvalue weighted by molar-refractivity contribution is 0.543. The molecule has 0 aliphatic heterocycles. The summed E-state index contributed by atoms with van der Waals surface area (Å²) in [6, 6.07) is 2.72. The molecular formula is C9H14N6S. The Morgan fingerprint density at radius 2 is 2.44 bits per heavy atom. The van der Waals surface area contributed by atoms with E-state index in [1.165, 1.54) is 11.8 Å². The molecule has 1 heterocycles. The van der Waals surface area contributed by atoms with Crippen LogP contribution in [0.4, 0.5) is 0 Å². The first-order chi connectivity index (χ1) is 7.68. The van der Waals surface area contributed by atoms with Crippen molar-refractivity contribution in [1.82, 2.24) is 25.5 Å². The maximum Gasteiger partial charge on any atom is 0.209 e. The first-order valence-corrected chi connectivity index (χ1v) is 6.18. The van der Waals surface area contributed by atoms with Gasteiger partial charge < -0.3 is 5.32 Å². The molecule has 1 N–H and O–H groups in total. The van der Waals surface area contributed by atoms with Crippen LogP contribution in [0.5, 0.6) is 0 Å². The van der Waals surface area contributed by atoms with Gasteiger partial charge in [-0.25, -0.2) is 4.68 Å². The molecule has 0 amide bonds. The van der Waals surface area contributed by atoms with Gasteiger partial charge in [0.25, 0.3) is 0 Å². The molecular weight excluding hydrogens is 224 g/mol. The van der Waals surface area contributed by atoms with E-state index in [0.717, 1.165) is 18.0 Å². The molecule has 16 heavy (non-hydrogen) atoms. The number of hydrogen-bond donors (Lipinski definition) is 1. The second-order valence-corrected chi connectivity index (χ2v) is 5.06. The second-order valence-electron chi connectivity index (χ2n) is 4.12. The molecule has 1 unspecified atom stereocenters. The van der Waals surface area contributed by atoms with Crippen LogP contribution >= 0.6 is 11.8 Å². The largest absolute Gasteiger partial charge is 0.302 e. The lowest BCUT2D eigenvalue weighted by atomic mass is 10.1. The van der Waals surface area contributed by atoms with E-state index in [4.69, 9.17) is 5.26 Å². The van der Waals surface area contributed by atoms with Gasteiger partial charge in [0.2, 0.25) is 5.16 Å². The average molecular weight is 238 g/mol. The number of rotatable bonds is 5. The Kier molecular flexibility index (Phi) is 3.12. The summed E-state index contributed by atoms with van der Waals surface area (Å²) in [4.78, 5) is 0. The van der Waals surface area contributed by atoms with E-state index in [1.807, 2.05) is 11.6 Å². The zero-order valence-electron chi connectivity index (χ0n) is 9.34. The highest BCUT2D eigenvalue weighted by Crippen LogP contribution is 2.36. The zero-order chi connectivity index (χ0) is 11.6. The highest BCUT2D eigenvalue weighted by molar-refractivity contribution is 7.99. The van der Waals surface area contributed by atoms with Crippen LogP contribution in [0.2, 0.25) is 0 Å². The summed E-state index contributed by atoms with van der Waals surface area (Å²) in [5.41, 5.74) is -0.537. The van der Waals surface area contributed by atoms with Gasteiger partial charge in [-0.2, -0.15) is 5.26 Å². The highest BCUT2D eigenvalue weighted by atomic mass is 32.2. The minimum atomic E-state index is -0.537. The van der Waals surface area contributed by atoms with E-state index in [-0.39, 0.29) is 0 Å². The summed E-state index contributed by atoms with van der Waals surface area (Å²) in [5.74, 6) is 0.632. The SMILES string of the molecule is CNC(C)(C#N)CSc1nnnn1C1CC1. The standard InChI is InChI=1S/C9H14N6S/c1-9(5-10,11-2)6-16-8-12-13-14-15(8)7-3-4-7/h7,11H,3-4,6H2,1-2H3. The fourth-order valence-electron chi connectivity index (χ4n) is 1.20. The summed E-state index contributed by atoms with van der Waals surface area (Å²) in [7, 11) is 1.79. The predicted molar refractivity (Wildman–Crippen MR) is 59.9 cm³/mol. The molecule has 0 saturated heterocycles. The molecule has 1 atom stereocenters. The Morgan fingerprint density at radius 1 is 1.69 bits per heavy atom. The normalized spacial score (nSPS) is 19.1. The van der Waals surface area contributed by atoms with Crippen LogP contribution in [0.1, 0.15) is 25.8 Å². The first-order valence-electron chi connectivity index (χ1n) is 5.19. The maximum absolute atomic E-state index is 9.02. The minimum absolute atomic E-state index is 0.473. The van der Waals surface area contributed by atoms with Gasteiger partial charge >= 0.3 is 0 Å². The van der Waals surface area contributed by atoms with Gasteiger partial charge in [0, 0.05) is 5.75 Å². The van der Waals surface area contributed by atoms with Crippen molar-refractivity contribution in [2.45, 2.75) is 36.5 Å². The molecule has 2 rings (SSSR count). The van der Waals surface area contributed by atoms with Gasteiger partial charge in [0.1, 0.15) is 5.54 Å². The third-order valence-corrected chi connectivity index (χ3v) is 3.89. The maximum atomic E-state index is 9.02. The first kappa shape index (κ1) is 11.4. The molecule has 6 nitrogen and oxygen atoms in total. The van der Waals surface area contributed by atoms with E-state index < -0.39 is 5.54 Å². The molecule has 0 aromatic carbocycles. The number of tetrazole rings is 1. The smallest absolute Gasteiger partial charge is 0.209 e. The lowest BCUT2D eigenvalue weighted by Crippen LogP contribution is -2.40. The molecule has 1 aliphatic rings. The van der Waals surface area contributed by atoms with Gasteiger partial charge in [-0.3, -0.25) is 0 Å². The quantitative estimate of drug-likeness (QED) is 0.757. The molecule has 1 aliphatic carbocycles. The number of hydrogen-bond acceptors (Lipinski definition) is 6. The fraction of sp³-hybridized carbons (Fsp3) is 0.778. The molecule has 1 aromatic heterocycles. The summed E-state index contributed by atoms with van der Waals surface area (Å²) < 4.78 is 1.86. The summed E-state index contributed by atoms with van der Waals surface area (Å²) in [6.07, 6.45) is 2.31.